The number of benzene rings is 1. The van der Waals surface area contributed by atoms with Gasteiger partial charge < -0.3 is 14.2 Å². The summed E-state index contributed by atoms with van der Waals surface area (Å²) in [6.45, 7) is 0.786. The Morgan fingerprint density at radius 1 is 1.14 bits per heavy atom. The van der Waals surface area contributed by atoms with E-state index in [2.05, 4.69) is 10.1 Å². The molecule has 1 unspecified atom stereocenters. The monoisotopic (exact) mass is 383 g/mol. The lowest BCUT2D eigenvalue weighted by atomic mass is 9.98. The van der Waals surface area contributed by atoms with Crippen molar-refractivity contribution in [1.29, 1.82) is 0 Å². The fourth-order valence-electron chi connectivity index (χ4n) is 4.48. The van der Waals surface area contributed by atoms with Gasteiger partial charge >= 0.3 is 0 Å². The van der Waals surface area contributed by atoms with Crippen LogP contribution in [0.15, 0.2) is 28.8 Å². The SMILES string of the molecule is COc1ccc(-c2noc(C3CCCCN3C(=O)CCC3CCCC3)n2)cc1. The summed E-state index contributed by atoms with van der Waals surface area (Å²) in [6.07, 6.45) is 9.88. The minimum absolute atomic E-state index is 0.0932. The number of rotatable bonds is 6. The van der Waals surface area contributed by atoms with Crippen LogP contribution < -0.4 is 4.74 Å². The molecule has 6 heteroatoms. The molecule has 2 heterocycles. The van der Waals surface area contributed by atoms with E-state index in [1.165, 1.54) is 25.7 Å². The van der Waals surface area contributed by atoms with E-state index >= 15 is 0 Å². The molecule has 0 bridgehead atoms. The van der Waals surface area contributed by atoms with Crippen molar-refractivity contribution in [2.45, 2.75) is 63.8 Å². The second-order valence-corrected chi connectivity index (χ2v) is 7.97. The molecule has 1 aromatic carbocycles. The zero-order valence-corrected chi connectivity index (χ0v) is 16.6. The fraction of sp³-hybridized carbons (Fsp3) is 0.591. The highest BCUT2D eigenvalue weighted by Gasteiger charge is 2.32. The van der Waals surface area contributed by atoms with Crippen LogP contribution in [0.3, 0.4) is 0 Å². The molecule has 1 saturated heterocycles. The van der Waals surface area contributed by atoms with Crippen molar-refractivity contribution in [3.63, 3.8) is 0 Å². The highest BCUT2D eigenvalue weighted by atomic mass is 16.5. The first-order valence-electron chi connectivity index (χ1n) is 10.5. The van der Waals surface area contributed by atoms with Gasteiger partial charge in [0.1, 0.15) is 11.8 Å². The molecule has 2 aliphatic rings. The van der Waals surface area contributed by atoms with E-state index in [9.17, 15) is 4.79 Å². The predicted molar refractivity (Wildman–Crippen MR) is 106 cm³/mol. The van der Waals surface area contributed by atoms with Gasteiger partial charge in [0.2, 0.25) is 17.6 Å². The standard InChI is InChI=1S/C22H29N3O3/c1-27-18-12-10-17(11-13-18)21-23-22(28-24-21)19-8-4-5-15-25(19)20(26)14-9-16-6-2-3-7-16/h10-13,16,19H,2-9,14-15H2,1H3. The maximum absolute atomic E-state index is 12.9. The molecule has 2 fully saturated rings. The summed E-state index contributed by atoms with van der Waals surface area (Å²) in [7, 11) is 1.64. The molecule has 0 N–H and O–H groups in total. The Bertz CT molecular complexity index is 781. The maximum atomic E-state index is 12.9. The summed E-state index contributed by atoms with van der Waals surface area (Å²) in [6, 6.07) is 7.50. The smallest absolute Gasteiger partial charge is 0.249 e. The Hall–Kier alpha value is -2.37. The summed E-state index contributed by atoms with van der Waals surface area (Å²) in [4.78, 5) is 19.5. The normalized spacial score (nSPS) is 20.5. The van der Waals surface area contributed by atoms with E-state index < -0.39 is 0 Å². The Kier molecular flexibility index (Phi) is 5.93. The number of aromatic nitrogens is 2. The molecular weight excluding hydrogens is 354 g/mol. The van der Waals surface area contributed by atoms with Crippen LogP contribution in [-0.4, -0.2) is 34.6 Å². The van der Waals surface area contributed by atoms with Crippen LogP contribution in [0.25, 0.3) is 11.4 Å². The van der Waals surface area contributed by atoms with Gasteiger partial charge in [0.25, 0.3) is 0 Å². The van der Waals surface area contributed by atoms with E-state index in [4.69, 9.17) is 9.26 Å². The predicted octanol–water partition coefficient (Wildman–Crippen LogP) is 4.77. The molecule has 1 atom stereocenters. The van der Waals surface area contributed by atoms with Crippen molar-refractivity contribution in [2.75, 3.05) is 13.7 Å². The molecule has 0 spiro atoms. The number of hydrogen-bond acceptors (Lipinski definition) is 5. The molecule has 4 rings (SSSR count). The molecule has 2 aromatic rings. The lowest BCUT2D eigenvalue weighted by Crippen LogP contribution is -2.38. The van der Waals surface area contributed by atoms with E-state index in [1.807, 2.05) is 29.2 Å². The first kappa shape index (κ1) is 19.0. The number of carbonyl (C=O) groups excluding carboxylic acids is 1. The number of amides is 1. The van der Waals surface area contributed by atoms with Crippen LogP contribution in [0.1, 0.15) is 69.7 Å². The zero-order valence-electron chi connectivity index (χ0n) is 16.6. The van der Waals surface area contributed by atoms with Crippen molar-refractivity contribution >= 4 is 5.91 Å². The average molecular weight is 383 g/mol. The molecular formula is C22H29N3O3. The lowest BCUT2D eigenvalue weighted by molar-refractivity contribution is -0.136. The van der Waals surface area contributed by atoms with Gasteiger partial charge in [-0.3, -0.25) is 4.79 Å². The van der Waals surface area contributed by atoms with Gasteiger partial charge in [0, 0.05) is 18.5 Å². The molecule has 1 aromatic heterocycles. The van der Waals surface area contributed by atoms with E-state index in [0.717, 1.165) is 49.5 Å². The zero-order chi connectivity index (χ0) is 19.3. The third-order valence-electron chi connectivity index (χ3n) is 6.14. The Morgan fingerprint density at radius 3 is 2.64 bits per heavy atom. The van der Waals surface area contributed by atoms with E-state index in [1.54, 1.807) is 7.11 Å². The number of piperidine rings is 1. The molecule has 6 nitrogen and oxygen atoms in total. The van der Waals surface area contributed by atoms with Gasteiger partial charge in [-0.2, -0.15) is 4.98 Å². The van der Waals surface area contributed by atoms with Gasteiger partial charge in [-0.05, 0) is 55.9 Å². The number of likely N-dealkylation sites (tertiary alicyclic amines) is 1. The summed E-state index contributed by atoms with van der Waals surface area (Å²) in [5.74, 6) is 2.87. The van der Waals surface area contributed by atoms with E-state index in [0.29, 0.717) is 18.1 Å². The third-order valence-corrected chi connectivity index (χ3v) is 6.14. The number of hydrogen-bond donors (Lipinski definition) is 0. The van der Waals surface area contributed by atoms with Gasteiger partial charge in [-0.15, -0.1) is 0 Å². The second-order valence-electron chi connectivity index (χ2n) is 7.97. The highest BCUT2D eigenvalue weighted by Crippen LogP contribution is 2.33. The number of carbonyl (C=O) groups is 1. The third kappa shape index (κ3) is 4.21. The van der Waals surface area contributed by atoms with Gasteiger partial charge in [0.05, 0.1) is 7.11 Å². The molecule has 1 saturated carbocycles. The molecule has 150 valence electrons. The summed E-state index contributed by atoms with van der Waals surface area (Å²) >= 11 is 0. The molecule has 1 aliphatic carbocycles. The molecule has 1 amide bonds. The summed E-state index contributed by atoms with van der Waals surface area (Å²) in [5, 5.41) is 4.16. The average Bonchev–Trinajstić information content (AvgIpc) is 3.44. The van der Waals surface area contributed by atoms with E-state index in [-0.39, 0.29) is 11.9 Å². The first-order chi connectivity index (χ1) is 13.7. The molecule has 1 aliphatic heterocycles. The van der Waals surface area contributed by atoms with Crippen LogP contribution >= 0.6 is 0 Å². The number of ether oxygens (including phenoxy) is 1. The largest absolute Gasteiger partial charge is 0.497 e. The minimum atomic E-state index is -0.0932. The van der Waals surface area contributed by atoms with Crippen molar-refractivity contribution in [3.05, 3.63) is 30.2 Å². The van der Waals surface area contributed by atoms with Crippen molar-refractivity contribution in [2.24, 2.45) is 5.92 Å². The maximum Gasteiger partial charge on any atom is 0.249 e. The topological polar surface area (TPSA) is 68.5 Å². The second kappa shape index (κ2) is 8.76. The molecule has 28 heavy (non-hydrogen) atoms. The summed E-state index contributed by atoms with van der Waals surface area (Å²) in [5.41, 5.74) is 0.880. The number of nitrogens with zero attached hydrogens (tertiary/aromatic N) is 3. The Labute approximate surface area is 166 Å². The molecule has 0 radical (unpaired) electrons. The van der Waals surface area contributed by atoms with Gasteiger partial charge in [0.15, 0.2) is 0 Å². The van der Waals surface area contributed by atoms with Crippen molar-refractivity contribution in [3.8, 4) is 17.1 Å². The number of methoxy groups -OCH3 is 1. The quantitative estimate of drug-likeness (QED) is 0.719. The summed E-state index contributed by atoms with van der Waals surface area (Å²) < 4.78 is 10.8. The highest BCUT2D eigenvalue weighted by molar-refractivity contribution is 5.76. The lowest BCUT2D eigenvalue weighted by Gasteiger charge is -2.33. The van der Waals surface area contributed by atoms with Crippen molar-refractivity contribution < 1.29 is 14.1 Å². The van der Waals surface area contributed by atoms with Crippen LogP contribution in [0, 0.1) is 5.92 Å². The van der Waals surface area contributed by atoms with Crippen LogP contribution in [0.2, 0.25) is 0 Å². The minimum Gasteiger partial charge on any atom is -0.497 e. The van der Waals surface area contributed by atoms with Crippen LogP contribution in [0.4, 0.5) is 0 Å². The fourth-order valence-corrected chi connectivity index (χ4v) is 4.48. The van der Waals surface area contributed by atoms with Crippen molar-refractivity contribution in [1.82, 2.24) is 15.0 Å². The van der Waals surface area contributed by atoms with Crippen LogP contribution in [-0.2, 0) is 4.79 Å². The Balaban J connectivity index is 1.44. The van der Waals surface area contributed by atoms with Crippen LogP contribution in [0.5, 0.6) is 5.75 Å². The first-order valence-corrected chi connectivity index (χ1v) is 10.5. The van der Waals surface area contributed by atoms with Gasteiger partial charge in [-0.1, -0.05) is 30.8 Å². The van der Waals surface area contributed by atoms with Gasteiger partial charge in [-0.25, -0.2) is 0 Å². The Morgan fingerprint density at radius 2 is 1.89 bits per heavy atom.